The first-order valence-corrected chi connectivity index (χ1v) is 7.82. The molecule has 0 bridgehead atoms. The van der Waals surface area contributed by atoms with Crippen LogP contribution in [0.3, 0.4) is 0 Å². The van der Waals surface area contributed by atoms with Crippen LogP contribution < -0.4 is 4.74 Å². The van der Waals surface area contributed by atoms with E-state index in [0.29, 0.717) is 18.3 Å². The molecule has 122 valence electrons. The predicted octanol–water partition coefficient (Wildman–Crippen LogP) is 3.97. The number of benzene rings is 1. The zero-order chi connectivity index (χ0) is 16.5. The smallest absolute Gasteiger partial charge is 0.311 e. The van der Waals surface area contributed by atoms with Gasteiger partial charge in [-0.3, -0.25) is 9.59 Å². The van der Waals surface area contributed by atoms with Crippen molar-refractivity contribution in [2.75, 3.05) is 6.61 Å². The maximum atomic E-state index is 11.7. The van der Waals surface area contributed by atoms with Crippen molar-refractivity contribution in [1.29, 1.82) is 0 Å². The minimum absolute atomic E-state index is 0.0376. The molecular weight excluding hydrogens is 280 g/mol. The standard InChI is InChI=1S/C18H26O4/c1-13(2)6-5-11-21-17(19)9-10-18(20)22-16-8-7-14(3)15(4)12-16/h7-8,12-13H,5-6,9-11H2,1-4H3. The van der Waals surface area contributed by atoms with Gasteiger partial charge in [-0.2, -0.15) is 0 Å². The molecule has 4 heteroatoms. The molecular formula is C18H26O4. The van der Waals surface area contributed by atoms with Gasteiger partial charge < -0.3 is 9.47 Å². The fourth-order valence-corrected chi connectivity index (χ4v) is 1.91. The molecule has 0 saturated carbocycles. The molecule has 0 fully saturated rings. The molecule has 0 aliphatic heterocycles. The van der Waals surface area contributed by atoms with Crippen LogP contribution in [0, 0.1) is 19.8 Å². The molecule has 4 nitrogen and oxygen atoms in total. The molecule has 0 aliphatic rings. The van der Waals surface area contributed by atoms with E-state index in [4.69, 9.17) is 9.47 Å². The van der Waals surface area contributed by atoms with E-state index in [9.17, 15) is 9.59 Å². The van der Waals surface area contributed by atoms with Crippen molar-refractivity contribution >= 4 is 11.9 Å². The van der Waals surface area contributed by atoms with E-state index in [1.807, 2.05) is 26.0 Å². The summed E-state index contributed by atoms with van der Waals surface area (Å²) in [6, 6.07) is 5.48. The summed E-state index contributed by atoms with van der Waals surface area (Å²) in [5.41, 5.74) is 2.21. The molecule has 1 rings (SSSR count). The van der Waals surface area contributed by atoms with E-state index < -0.39 is 5.97 Å². The van der Waals surface area contributed by atoms with Gasteiger partial charge >= 0.3 is 11.9 Å². The van der Waals surface area contributed by atoms with Crippen molar-refractivity contribution < 1.29 is 19.1 Å². The molecule has 0 spiro atoms. The van der Waals surface area contributed by atoms with Crippen LogP contribution in [0.15, 0.2) is 18.2 Å². The molecule has 0 aliphatic carbocycles. The molecule has 0 radical (unpaired) electrons. The maximum Gasteiger partial charge on any atom is 0.311 e. The summed E-state index contributed by atoms with van der Waals surface area (Å²) >= 11 is 0. The van der Waals surface area contributed by atoms with Crippen molar-refractivity contribution in [3.63, 3.8) is 0 Å². The summed E-state index contributed by atoms with van der Waals surface area (Å²) in [7, 11) is 0. The van der Waals surface area contributed by atoms with E-state index in [1.54, 1.807) is 6.07 Å². The number of ether oxygens (including phenoxy) is 2. The zero-order valence-electron chi connectivity index (χ0n) is 14.0. The summed E-state index contributed by atoms with van der Waals surface area (Å²) in [6.45, 7) is 8.63. The average molecular weight is 306 g/mol. The SMILES string of the molecule is Cc1ccc(OC(=O)CCC(=O)OCCCC(C)C)cc1C. The number of hydrogen-bond acceptors (Lipinski definition) is 4. The van der Waals surface area contributed by atoms with Gasteiger partial charge in [0.1, 0.15) is 5.75 Å². The molecule has 1 aromatic rings. The number of rotatable bonds is 8. The summed E-state index contributed by atoms with van der Waals surface area (Å²) in [4.78, 5) is 23.2. The Morgan fingerprint density at radius 2 is 1.73 bits per heavy atom. The second-order valence-corrected chi connectivity index (χ2v) is 5.98. The molecule has 0 amide bonds. The van der Waals surface area contributed by atoms with Gasteiger partial charge in [0.25, 0.3) is 0 Å². The molecule has 1 aromatic carbocycles. The Hall–Kier alpha value is -1.84. The van der Waals surface area contributed by atoms with E-state index in [2.05, 4.69) is 13.8 Å². The third kappa shape index (κ3) is 7.25. The lowest BCUT2D eigenvalue weighted by atomic mass is 10.1. The zero-order valence-corrected chi connectivity index (χ0v) is 14.0. The first kappa shape index (κ1) is 18.2. The molecule has 0 saturated heterocycles. The number of carbonyl (C=O) groups excluding carboxylic acids is 2. The van der Waals surface area contributed by atoms with E-state index >= 15 is 0 Å². The van der Waals surface area contributed by atoms with Crippen molar-refractivity contribution in [2.24, 2.45) is 5.92 Å². The van der Waals surface area contributed by atoms with Crippen LogP contribution >= 0.6 is 0 Å². The fraction of sp³-hybridized carbons (Fsp3) is 0.556. The Bertz CT molecular complexity index is 506. The van der Waals surface area contributed by atoms with Gasteiger partial charge in [0.15, 0.2) is 0 Å². The molecule has 0 unspecified atom stereocenters. The van der Waals surface area contributed by atoms with Gasteiger partial charge in [-0.1, -0.05) is 19.9 Å². The van der Waals surface area contributed by atoms with Crippen LogP contribution in [0.25, 0.3) is 0 Å². The van der Waals surface area contributed by atoms with Crippen molar-refractivity contribution in [3.8, 4) is 5.75 Å². The lowest BCUT2D eigenvalue weighted by molar-refractivity contribution is -0.147. The number of hydrogen-bond donors (Lipinski definition) is 0. The predicted molar refractivity (Wildman–Crippen MR) is 85.8 cm³/mol. The Balaban J connectivity index is 2.24. The first-order valence-electron chi connectivity index (χ1n) is 7.82. The second-order valence-electron chi connectivity index (χ2n) is 5.98. The number of aryl methyl sites for hydroxylation is 2. The van der Waals surface area contributed by atoms with Crippen LogP contribution in [0.2, 0.25) is 0 Å². The van der Waals surface area contributed by atoms with Crippen LogP contribution in [0.1, 0.15) is 50.7 Å². The van der Waals surface area contributed by atoms with E-state index in [-0.39, 0.29) is 18.8 Å². The maximum absolute atomic E-state index is 11.7. The number of carbonyl (C=O) groups is 2. The highest BCUT2D eigenvalue weighted by Crippen LogP contribution is 2.17. The Morgan fingerprint density at radius 3 is 2.36 bits per heavy atom. The topological polar surface area (TPSA) is 52.6 Å². The van der Waals surface area contributed by atoms with Crippen molar-refractivity contribution in [3.05, 3.63) is 29.3 Å². The molecule has 0 aromatic heterocycles. The van der Waals surface area contributed by atoms with Gasteiger partial charge in [0, 0.05) is 0 Å². The summed E-state index contributed by atoms with van der Waals surface area (Å²) in [5, 5.41) is 0. The monoisotopic (exact) mass is 306 g/mol. The Labute approximate surface area is 132 Å². The third-order valence-corrected chi connectivity index (χ3v) is 3.43. The van der Waals surface area contributed by atoms with Crippen LogP contribution in [0.4, 0.5) is 0 Å². The fourth-order valence-electron chi connectivity index (χ4n) is 1.91. The second kappa shape index (κ2) is 9.23. The minimum Gasteiger partial charge on any atom is -0.466 e. The Morgan fingerprint density at radius 1 is 1.05 bits per heavy atom. The first-order chi connectivity index (χ1) is 10.4. The van der Waals surface area contributed by atoms with Crippen LogP contribution in [-0.2, 0) is 14.3 Å². The Kier molecular flexibility index (Phi) is 7.64. The highest BCUT2D eigenvalue weighted by Gasteiger charge is 2.10. The minimum atomic E-state index is -0.414. The largest absolute Gasteiger partial charge is 0.466 e. The van der Waals surface area contributed by atoms with Crippen LogP contribution in [-0.4, -0.2) is 18.5 Å². The highest BCUT2D eigenvalue weighted by molar-refractivity contribution is 5.79. The van der Waals surface area contributed by atoms with Crippen molar-refractivity contribution in [2.45, 2.75) is 53.4 Å². The molecule has 0 heterocycles. The third-order valence-electron chi connectivity index (χ3n) is 3.43. The summed E-state index contributed by atoms with van der Waals surface area (Å²) in [5.74, 6) is 0.355. The number of esters is 2. The van der Waals surface area contributed by atoms with Crippen molar-refractivity contribution in [1.82, 2.24) is 0 Å². The van der Waals surface area contributed by atoms with E-state index in [0.717, 1.165) is 24.0 Å². The molecule has 0 N–H and O–H groups in total. The normalized spacial score (nSPS) is 10.6. The summed E-state index contributed by atoms with van der Waals surface area (Å²) in [6.07, 6.45) is 1.99. The molecule has 22 heavy (non-hydrogen) atoms. The van der Waals surface area contributed by atoms with Crippen LogP contribution in [0.5, 0.6) is 5.75 Å². The lowest BCUT2D eigenvalue weighted by Crippen LogP contribution is -2.13. The van der Waals surface area contributed by atoms with E-state index in [1.165, 1.54) is 0 Å². The average Bonchev–Trinajstić information content (AvgIpc) is 2.45. The van der Waals surface area contributed by atoms with Gasteiger partial charge in [0.2, 0.25) is 0 Å². The van der Waals surface area contributed by atoms with Gasteiger partial charge in [-0.15, -0.1) is 0 Å². The highest BCUT2D eigenvalue weighted by atomic mass is 16.5. The molecule has 0 atom stereocenters. The lowest BCUT2D eigenvalue weighted by Gasteiger charge is -2.08. The van der Waals surface area contributed by atoms with Gasteiger partial charge in [-0.05, 0) is 55.9 Å². The summed E-state index contributed by atoms with van der Waals surface area (Å²) < 4.78 is 10.3. The van der Waals surface area contributed by atoms with Gasteiger partial charge in [0.05, 0.1) is 19.4 Å². The quantitative estimate of drug-likeness (QED) is 0.414. The van der Waals surface area contributed by atoms with Gasteiger partial charge in [-0.25, -0.2) is 0 Å².